The molecule has 0 radical (unpaired) electrons. The van der Waals surface area contributed by atoms with Crippen LogP contribution in [0.3, 0.4) is 0 Å². The molecule has 0 N–H and O–H groups in total. The normalized spacial score (nSPS) is 11.0. The number of benzene rings is 2. The molecule has 0 aliphatic rings. The van der Waals surface area contributed by atoms with E-state index >= 15 is 0 Å². The molecular formula is C23H29N3OS2. The standard InChI is InChI=1S/C23H29N3OS2/c1-4-26-22(17-29-21-12-10-18(2)11-13-21)24-25-23(26)28-15-6-5-14-27-20-9-7-8-19(3)16-20/h7-13,16H,4-6,14-15,17H2,1-3H3. The Bertz CT molecular complexity index is 893. The summed E-state index contributed by atoms with van der Waals surface area (Å²) in [5, 5.41) is 9.87. The molecular weight excluding hydrogens is 398 g/mol. The Kier molecular flexibility index (Phi) is 8.50. The van der Waals surface area contributed by atoms with Crippen LogP contribution in [0.1, 0.15) is 36.7 Å². The summed E-state index contributed by atoms with van der Waals surface area (Å²) >= 11 is 3.60. The quantitative estimate of drug-likeness (QED) is 0.271. The summed E-state index contributed by atoms with van der Waals surface area (Å²) in [6.45, 7) is 8.00. The summed E-state index contributed by atoms with van der Waals surface area (Å²) in [5.74, 6) is 3.87. The summed E-state index contributed by atoms with van der Waals surface area (Å²) in [5.41, 5.74) is 2.52. The lowest BCUT2D eigenvalue weighted by molar-refractivity contribution is 0.309. The van der Waals surface area contributed by atoms with Gasteiger partial charge in [0.25, 0.3) is 0 Å². The van der Waals surface area contributed by atoms with E-state index in [4.69, 9.17) is 4.74 Å². The molecule has 1 heterocycles. The van der Waals surface area contributed by atoms with Crippen molar-refractivity contribution in [2.24, 2.45) is 0 Å². The van der Waals surface area contributed by atoms with Crippen LogP contribution in [0.5, 0.6) is 5.75 Å². The highest BCUT2D eigenvalue weighted by Crippen LogP contribution is 2.25. The molecule has 0 aliphatic carbocycles. The third-order valence-electron chi connectivity index (χ3n) is 4.53. The minimum atomic E-state index is 0.753. The highest BCUT2D eigenvalue weighted by atomic mass is 32.2. The van der Waals surface area contributed by atoms with Crippen molar-refractivity contribution in [3.8, 4) is 5.75 Å². The fourth-order valence-electron chi connectivity index (χ4n) is 2.90. The van der Waals surface area contributed by atoms with E-state index in [1.165, 1.54) is 16.0 Å². The number of aromatic nitrogens is 3. The molecule has 3 aromatic rings. The van der Waals surface area contributed by atoms with E-state index in [1.807, 2.05) is 23.9 Å². The SMILES string of the molecule is CCn1c(CSc2ccc(C)cc2)nnc1SCCCCOc1cccc(C)c1. The monoisotopic (exact) mass is 427 g/mol. The number of aryl methyl sites for hydroxylation is 2. The molecule has 0 unspecified atom stereocenters. The maximum atomic E-state index is 5.82. The van der Waals surface area contributed by atoms with Crippen molar-refractivity contribution in [1.29, 1.82) is 0 Å². The van der Waals surface area contributed by atoms with Gasteiger partial charge < -0.3 is 9.30 Å². The zero-order chi connectivity index (χ0) is 20.5. The number of unbranched alkanes of at least 4 members (excludes halogenated alkanes) is 1. The smallest absolute Gasteiger partial charge is 0.191 e. The first kappa shape index (κ1) is 21.8. The van der Waals surface area contributed by atoms with Crippen molar-refractivity contribution in [3.05, 3.63) is 65.5 Å². The van der Waals surface area contributed by atoms with Crippen molar-refractivity contribution in [3.63, 3.8) is 0 Å². The fourth-order valence-corrected chi connectivity index (χ4v) is 4.75. The highest BCUT2D eigenvalue weighted by Gasteiger charge is 2.11. The van der Waals surface area contributed by atoms with Crippen LogP contribution in [0.4, 0.5) is 0 Å². The van der Waals surface area contributed by atoms with Gasteiger partial charge in [-0.25, -0.2) is 0 Å². The predicted molar refractivity (Wildman–Crippen MR) is 123 cm³/mol. The lowest BCUT2D eigenvalue weighted by atomic mass is 10.2. The molecule has 0 saturated carbocycles. The first-order chi connectivity index (χ1) is 14.2. The summed E-state index contributed by atoms with van der Waals surface area (Å²) < 4.78 is 8.06. The molecule has 0 bridgehead atoms. The summed E-state index contributed by atoms with van der Waals surface area (Å²) in [7, 11) is 0. The molecule has 6 heteroatoms. The number of hydrogen-bond acceptors (Lipinski definition) is 5. The maximum absolute atomic E-state index is 5.82. The van der Waals surface area contributed by atoms with Gasteiger partial charge in [-0.2, -0.15) is 0 Å². The number of rotatable bonds is 11. The summed E-state index contributed by atoms with van der Waals surface area (Å²) in [6.07, 6.45) is 2.14. The minimum absolute atomic E-state index is 0.753. The van der Waals surface area contributed by atoms with E-state index in [0.717, 1.165) is 54.2 Å². The average molecular weight is 428 g/mol. The molecule has 0 atom stereocenters. The predicted octanol–water partition coefficient (Wildman–Crippen LogP) is 6.16. The summed E-state index contributed by atoms with van der Waals surface area (Å²) in [4.78, 5) is 1.27. The van der Waals surface area contributed by atoms with Crippen LogP contribution < -0.4 is 4.74 Å². The van der Waals surface area contributed by atoms with Crippen molar-refractivity contribution in [2.45, 2.75) is 56.0 Å². The van der Waals surface area contributed by atoms with E-state index in [0.29, 0.717) is 0 Å². The second kappa shape index (κ2) is 11.3. The van der Waals surface area contributed by atoms with Gasteiger partial charge in [0.15, 0.2) is 5.16 Å². The van der Waals surface area contributed by atoms with Crippen LogP contribution in [-0.4, -0.2) is 27.1 Å². The van der Waals surface area contributed by atoms with Crippen molar-refractivity contribution in [2.75, 3.05) is 12.4 Å². The Balaban J connectivity index is 1.41. The van der Waals surface area contributed by atoms with Crippen LogP contribution in [0.25, 0.3) is 0 Å². The van der Waals surface area contributed by atoms with Crippen LogP contribution in [0.2, 0.25) is 0 Å². The Hall–Kier alpha value is -1.92. The van der Waals surface area contributed by atoms with Gasteiger partial charge in [-0.05, 0) is 63.4 Å². The molecule has 1 aromatic heterocycles. The van der Waals surface area contributed by atoms with Gasteiger partial charge in [0.05, 0.1) is 12.4 Å². The first-order valence-electron chi connectivity index (χ1n) is 10.1. The molecule has 2 aromatic carbocycles. The average Bonchev–Trinajstić information content (AvgIpc) is 3.12. The zero-order valence-corrected chi connectivity index (χ0v) is 19.1. The number of ether oxygens (including phenoxy) is 1. The largest absolute Gasteiger partial charge is 0.494 e. The third kappa shape index (κ3) is 6.82. The molecule has 4 nitrogen and oxygen atoms in total. The van der Waals surface area contributed by atoms with Crippen molar-refractivity contribution in [1.82, 2.24) is 14.8 Å². The molecule has 3 rings (SSSR count). The summed E-state index contributed by atoms with van der Waals surface area (Å²) in [6, 6.07) is 16.8. The van der Waals surface area contributed by atoms with Crippen LogP contribution in [0, 0.1) is 13.8 Å². The van der Waals surface area contributed by atoms with Crippen LogP contribution in [-0.2, 0) is 12.3 Å². The van der Waals surface area contributed by atoms with Crippen molar-refractivity contribution >= 4 is 23.5 Å². The number of hydrogen-bond donors (Lipinski definition) is 0. The Morgan fingerprint density at radius 3 is 2.52 bits per heavy atom. The Morgan fingerprint density at radius 1 is 0.931 bits per heavy atom. The second-order valence-electron chi connectivity index (χ2n) is 6.97. The Morgan fingerprint density at radius 2 is 1.76 bits per heavy atom. The number of nitrogens with zero attached hydrogens (tertiary/aromatic N) is 3. The van der Waals surface area contributed by atoms with Gasteiger partial charge in [0.2, 0.25) is 0 Å². The Labute approximate surface area is 182 Å². The van der Waals surface area contributed by atoms with Crippen LogP contribution >= 0.6 is 23.5 Å². The fraction of sp³-hybridized carbons (Fsp3) is 0.391. The lowest BCUT2D eigenvalue weighted by Crippen LogP contribution is -2.03. The van der Waals surface area contributed by atoms with E-state index < -0.39 is 0 Å². The number of thioether (sulfide) groups is 2. The van der Waals surface area contributed by atoms with Crippen molar-refractivity contribution < 1.29 is 4.74 Å². The van der Waals surface area contributed by atoms with Gasteiger partial charge in [-0.3, -0.25) is 0 Å². The van der Waals surface area contributed by atoms with Crippen LogP contribution in [0.15, 0.2) is 58.6 Å². The molecule has 0 fully saturated rings. The van der Waals surface area contributed by atoms with Gasteiger partial charge in [0.1, 0.15) is 11.6 Å². The second-order valence-corrected chi connectivity index (χ2v) is 9.08. The lowest BCUT2D eigenvalue weighted by Gasteiger charge is -2.08. The third-order valence-corrected chi connectivity index (χ3v) is 6.59. The molecule has 0 spiro atoms. The first-order valence-corrected chi connectivity index (χ1v) is 12.1. The minimum Gasteiger partial charge on any atom is -0.494 e. The molecule has 0 aliphatic heterocycles. The maximum Gasteiger partial charge on any atom is 0.191 e. The molecule has 0 saturated heterocycles. The molecule has 0 amide bonds. The van der Waals surface area contributed by atoms with E-state index in [9.17, 15) is 0 Å². The highest BCUT2D eigenvalue weighted by molar-refractivity contribution is 7.99. The topological polar surface area (TPSA) is 39.9 Å². The van der Waals surface area contributed by atoms with Gasteiger partial charge in [-0.1, -0.05) is 41.6 Å². The van der Waals surface area contributed by atoms with Gasteiger partial charge in [-0.15, -0.1) is 22.0 Å². The molecule has 154 valence electrons. The van der Waals surface area contributed by atoms with E-state index in [2.05, 4.69) is 71.9 Å². The van der Waals surface area contributed by atoms with Gasteiger partial charge in [0, 0.05) is 17.2 Å². The van der Waals surface area contributed by atoms with E-state index in [1.54, 1.807) is 11.8 Å². The zero-order valence-electron chi connectivity index (χ0n) is 17.4. The molecule has 29 heavy (non-hydrogen) atoms. The van der Waals surface area contributed by atoms with Gasteiger partial charge >= 0.3 is 0 Å². The van der Waals surface area contributed by atoms with E-state index in [-0.39, 0.29) is 0 Å².